The van der Waals surface area contributed by atoms with E-state index in [0.717, 1.165) is 13.2 Å². The third-order valence-corrected chi connectivity index (χ3v) is 2.79. The molecule has 0 unspecified atom stereocenters. The van der Waals surface area contributed by atoms with Gasteiger partial charge in [-0.25, -0.2) is 4.79 Å². The van der Waals surface area contributed by atoms with Gasteiger partial charge in [0.15, 0.2) is 0 Å². The van der Waals surface area contributed by atoms with E-state index in [4.69, 9.17) is 16.5 Å². The Bertz CT molecular complexity index is 413. The van der Waals surface area contributed by atoms with Crippen molar-refractivity contribution in [2.45, 2.75) is 38.6 Å². The summed E-state index contributed by atoms with van der Waals surface area (Å²) in [5, 5.41) is 2.60. The maximum atomic E-state index is 12.6. The van der Waals surface area contributed by atoms with E-state index in [0.29, 0.717) is 4.42 Å². The van der Waals surface area contributed by atoms with E-state index in [1.165, 1.54) is 4.90 Å². The minimum atomic E-state index is -4.54. The molecule has 1 N–H and O–H groups in total. The molecule has 1 aliphatic heterocycles. The van der Waals surface area contributed by atoms with Crippen LogP contribution < -0.4 is 5.32 Å². The standard InChI is InChI=1S/C12H19ClF3N3O2/c1-11(2,3)21-10(20)19-6-8(7-19)17-5-9(18(4)13)12(14,15)16/h5,8,17H,6-7H2,1-4H3/b9-5-. The number of hydrogen-bond donors (Lipinski definition) is 1. The van der Waals surface area contributed by atoms with Gasteiger partial charge in [0.25, 0.3) is 0 Å². The van der Waals surface area contributed by atoms with Gasteiger partial charge in [0, 0.05) is 38.1 Å². The summed E-state index contributed by atoms with van der Waals surface area (Å²) in [7, 11) is 1.09. The smallest absolute Gasteiger partial charge is 0.433 e. The zero-order chi connectivity index (χ0) is 16.4. The van der Waals surface area contributed by atoms with Gasteiger partial charge >= 0.3 is 12.3 Å². The number of rotatable bonds is 3. The number of likely N-dealkylation sites (tertiary alicyclic amines) is 1. The van der Waals surface area contributed by atoms with E-state index in [-0.39, 0.29) is 19.1 Å². The molecule has 0 bridgehead atoms. The number of amides is 1. The van der Waals surface area contributed by atoms with Gasteiger partial charge in [0.1, 0.15) is 11.3 Å². The van der Waals surface area contributed by atoms with Crippen molar-refractivity contribution < 1.29 is 22.7 Å². The molecular formula is C12H19ClF3N3O2. The van der Waals surface area contributed by atoms with Crippen LogP contribution in [0.15, 0.2) is 11.9 Å². The van der Waals surface area contributed by atoms with E-state index in [1.807, 2.05) is 0 Å². The molecule has 9 heteroatoms. The largest absolute Gasteiger partial charge is 0.444 e. The lowest BCUT2D eigenvalue weighted by Crippen LogP contribution is -2.59. The van der Waals surface area contributed by atoms with Crippen LogP contribution in [-0.2, 0) is 4.74 Å². The molecule has 0 aromatic carbocycles. The van der Waals surface area contributed by atoms with Gasteiger partial charge in [-0.3, -0.25) is 4.42 Å². The fourth-order valence-corrected chi connectivity index (χ4v) is 1.75. The van der Waals surface area contributed by atoms with E-state index in [9.17, 15) is 18.0 Å². The number of carbonyl (C=O) groups excluding carboxylic acids is 1. The predicted octanol–water partition coefficient (Wildman–Crippen LogP) is 2.68. The Hall–Kier alpha value is -1.31. The van der Waals surface area contributed by atoms with Crippen molar-refractivity contribution in [1.82, 2.24) is 14.6 Å². The minimum Gasteiger partial charge on any atom is -0.444 e. The first-order valence-electron chi connectivity index (χ1n) is 6.31. The van der Waals surface area contributed by atoms with Crippen LogP contribution in [0.25, 0.3) is 0 Å². The lowest BCUT2D eigenvalue weighted by Gasteiger charge is -2.40. The fourth-order valence-electron chi connectivity index (χ4n) is 1.60. The summed E-state index contributed by atoms with van der Waals surface area (Å²) in [5.41, 5.74) is -1.60. The maximum Gasteiger partial charge on any atom is 0.433 e. The SMILES string of the molecule is CN(Cl)/C(=C\NC1CN(C(=O)OC(C)(C)C)C1)C(F)(F)F. The van der Waals surface area contributed by atoms with Crippen molar-refractivity contribution in [3.63, 3.8) is 0 Å². The van der Waals surface area contributed by atoms with Crippen molar-refractivity contribution in [2.24, 2.45) is 0 Å². The number of ether oxygens (including phenoxy) is 1. The summed E-state index contributed by atoms with van der Waals surface area (Å²) in [6.07, 6.45) is -4.21. The van der Waals surface area contributed by atoms with Crippen molar-refractivity contribution in [2.75, 3.05) is 20.1 Å². The number of nitrogens with one attached hydrogen (secondary N) is 1. The zero-order valence-electron chi connectivity index (χ0n) is 12.3. The number of halogens is 4. The highest BCUT2D eigenvalue weighted by atomic mass is 35.5. The molecule has 1 heterocycles. The Labute approximate surface area is 126 Å². The minimum absolute atomic E-state index is 0.258. The number of allylic oxidation sites excluding steroid dienone is 1. The Morgan fingerprint density at radius 1 is 1.38 bits per heavy atom. The van der Waals surface area contributed by atoms with Crippen molar-refractivity contribution in [3.05, 3.63) is 11.9 Å². The normalized spacial score (nSPS) is 17.3. The Balaban J connectivity index is 2.46. The van der Waals surface area contributed by atoms with Crippen LogP contribution in [0.3, 0.4) is 0 Å². The second kappa shape index (κ2) is 6.21. The second-order valence-electron chi connectivity index (χ2n) is 5.75. The van der Waals surface area contributed by atoms with Crippen molar-refractivity contribution in [3.8, 4) is 0 Å². The maximum absolute atomic E-state index is 12.6. The molecule has 0 aromatic heterocycles. The van der Waals surface area contributed by atoms with Gasteiger partial charge in [-0.05, 0) is 20.8 Å². The third-order valence-electron chi connectivity index (χ3n) is 2.61. The highest BCUT2D eigenvalue weighted by molar-refractivity contribution is 6.14. The van der Waals surface area contributed by atoms with E-state index >= 15 is 0 Å². The molecule has 122 valence electrons. The van der Waals surface area contributed by atoms with Crippen LogP contribution in [0.2, 0.25) is 0 Å². The molecule has 1 rings (SSSR count). The molecule has 5 nitrogen and oxygen atoms in total. The van der Waals surface area contributed by atoms with Gasteiger partial charge in [-0.1, -0.05) is 0 Å². The van der Waals surface area contributed by atoms with Crippen molar-refractivity contribution in [1.29, 1.82) is 0 Å². The summed E-state index contributed by atoms with van der Waals surface area (Å²) >= 11 is 5.35. The van der Waals surface area contributed by atoms with Crippen LogP contribution >= 0.6 is 11.8 Å². The molecule has 1 fully saturated rings. The first kappa shape index (κ1) is 17.7. The summed E-state index contributed by atoms with van der Waals surface area (Å²) < 4.78 is 43.5. The molecule has 1 aliphatic rings. The molecule has 0 atom stereocenters. The summed E-state index contributed by atoms with van der Waals surface area (Å²) in [4.78, 5) is 13.1. The topological polar surface area (TPSA) is 44.8 Å². The zero-order valence-corrected chi connectivity index (χ0v) is 13.0. The van der Waals surface area contributed by atoms with Gasteiger partial charge in [0.05, 0.1) is 6.04 Å². The third kappa shape index (κ3) is 5.53. The van der Waals surface area contributed by atoms with Crippen LogP contribution in [0.4, 0.5) is 18.0 Å². The average molecular weight is 330 g/mol. The first-order chi connectivity index (χ1) is 9.40. The fraction of sp³-hybridized carbons (Fsp3) is 0.750. The Morgan fingerprint density at radius 3 is 2.29 bits per heavy atom. The van der Waals surface area contributed by atoms with E-state index < -0.39 is 23.6 Å². The molecule has 0 aliphatic carbocycles. The number of alkyl halides is 3. The number of nitrogens with zero attached hydrogens (tertiary/aromatic N) is 2. The first-order valence-corrected chi connectivity index (χ1v) is 6.65. The molecule has 1 saturated heterocycles. The lowest BCUT2D eigenvalue weighted by molar-refractivity contribution is -0.104. The molecular weight excluding hydrogens is 311 g/mol. The van der Waals surface area contributed by atoms with E-state index in [2.05, 4.69) is 5.32 Å². The van der Waals surface area contributed by atoms with Gasteiger partial charge in [-0.2, -0.15) is 13.2 Å². The quantitative estimate of drug-likeness (QED) is 0.809. The Kier molecular flexibility index (Phi) is 5.25. The second-order valence-corrected chi connectivity index (χ2v) is 6.26. The average Bonchev–Trinajstić information content (AvgIpc) is 2.15. The highest BCUT2D eigenvalue weighted by Gasteiger charge is 2.38. The van der Waals surface area contributed by atoms with Gasteiger partial charge in [0.2, 0.25) is 0 Å². The molecule has 21 heavy (non-hydrogen) atoms. The molecule has 0 spiro atoms. The number of carbonyl (C=O) groups is 1. The van der Waals surface area contributed by atoms with Crippen molar-refractivity contribution >= 4 is 17.9 Å². The van der Waals surface area contributed by atoms with Crippen LogP contribution in [0.1, 0.15) is 20.8 Å². The van der Waals surface area contributed by atoms with Crippen LogP contribution in [0.5, 0.6) is 0 Å². The summed E-state index contributed by atoms with van der Waals surface area (Å²) in [6, 6.07) is -0.258. The number of hydrogen-bond acceptors (Lipinski definition) is 4. The summed E-state index contributed by atoms with van der Waals surface area (Å²) in [6.45, 7) is 5.80. The molecule has 1 amide bonds. The van der Waals surface area contributed by atoms with Crippen LogP contribution in [-0.4, -0.2) is 53.4 Å². The summed E-state index contributed by atoms with van der Waals surface area (Å²) in [5.74, 6) is 0. The molecule has 0 radical (unpaired) electrons. The van der Waals surface area contributed by atoms with E-state index in [1.54, 1.807) is 20.8 Å². The monoisotopic (exact) mass is 329 g/mol. The predicted molar refractivity (Wildman–Crippen MR) is 72.5 cm³/mol. The van der Waals surface area contributed by atoms with Crippen LogP contribution in [0, 0.1) is 0 Å². The Morgan fingerprint density at radius 2 is 1.90 bits per heavy atom. The highest BCUT2D eigenvalue weighted by Crippen LogP contribution is 2.28. The molecule has 0 saturated carbocycles. The van der Waals surface area contributed by atoms with Gasteiger partial charge in [-0.15, -0.1) is 0 Å². The lowest BCUT2D eigenvalue weighted by atomic mass is 10.1. The van der Waals surface area contributed by atoms with Gasteiger partial charge < -0.3 is 15.0 Å². The molecule has 0 aromatic rings.